The monoisotopic (exact) mass is 367 g/mol. The van der Waals surface area contributed by atoms with E-state index in [0.717, 1.165) is 47.9 Å². The zero-order valence-electron chi connectivity index (χ0n) is 11.9. The number of thioether (sulfide) groups is 1. The van der Waals surface area contributed by atoms with Gasteiger partial charge in [0, 0.05) is 15.9 Å². The minimum absolute atomic E-state index is 0.0310. The molecule has 21 heavy (non-hydrogen) atoms. The van der Waals surface area contributed by atoms with Gasteiger partial charge in [-0.05, 0) is 47.4 Å². The number of rotatable bonds is 5. The van der Waals surface area contributed by atoms with Crippen molar-refractivity contribution in [3.8, 4) is 0 Å². The van der Waals surface area contributed by atoms with Crippen LogP contribution in [0.5, 0.6) is 0 Å². The molecule has 1 atom stereocenters. The summed E-state index contributed by atoms with van der Waals surface area (Å²) in [5.74, 6) is 2.28. The molecule has 112 valence electrons. The van der Waals surface area contributed by atoms with E-state index in [4.69, 9.17) is 4.52 Å². The van der Waals surface area contributed by atoms with Crippen molar-refractivity contribution in [3.63, 3.8) is 0 Å². The normalized spacial score (nSPS) is 21.8. The van der Waals surface area contributed by atoms with Gasteiger partial charge in [0.2, 0.25) is 5.89 Å². The van der Waals surface area contributed by atoms with Crippen LogP contribution in [0.25, 0.3) is 0 Å². The van der Waals surface area contributed by atoms with Gasteiger partial charge in [-0.1, -0.05) is 24.2 Å². The number of halogens is 1. The fourth-order valence-electron chi connectivity index (χ4n) is 2.61. The van der Waals surface area contributed by atoms with E-state index in [0.29, 0.717) is 0 Å². The Kier molecular flexibility index (Phi) is 4.66. The Labute approximate surface area is 137 Å². The van der Waals surface area contributed by atoms with Gasteiger partial charge in [0.05, 0.1) is 11.2 Å². The highest BCUT2D eigenvalue weighted by Gasteiger charge is 2.39. The molecule has 1 N–H and O–H groups in total. The van der Waals surface area contributed by atoms with Crippen LogP contribution in [-0.2, 0) is 11.2 Å². The van der Waals surface area contributed by atoms with Crippen LogP contribution in [0.2, 0.25) is 0 Å². The van der Waals surface area contributed by atoms with Gasteiger partial charge in [0.1, 0.15) is 0 Å². The fourth-order valence-corrected chi connectivity index (χ4v) is 4.02. The van der Waals surface area contributed by atoms with Crippen molar-refractivity contribution in [2.24, 2.45) is 0 Å². The van der Waals surface area contributed by atoms with Crippen molar-refractivity contribution >= 4 is 27.7 Å². The van der Waals surface area contributed by atoms with E-state index in [1.54, 1.807) is 11.8 Å². The minimum Gasteiger partial charge on any atom is -0.339 e. The van der Waals surface area contributed by atoms with Gasteiger partial charge in [-0.25, -0.2) is 0 Å². The molecular weight excluding hydrogens is 350 g/mol. The Bertz CT molecular complexity index is 610. The van der Waals surface area contributed by atoms with Crippen molar-refractivity contribution in [2.75, 3.05) is 13.1 Å². The summed E-state index contributed by atoms with van der Waals surface area (Å²) >= 11 is 5.27. The second-order valence-electron chi connectivity index (χ2n) is 5.30. The predicted molar refractivity (Wildman–Crippen MR) is 87.5 cm³/mol. The molecular formula is C15H18BrN3OS. The lowest BCUT2D eigenvalue weighted by Crippen LogP contribution is -2.28. The first-order valence-corrected chi connectivity index (χ1v) is 8.92. The minimum atomic E-state index is 0.0310. The summed E-state index contributed by atoms with van der Waals surface area (Å²) in [5, 5.41) is 7.55. The number of aromatic nitrogens is 2. The first-order chi connectivity index (χ1) is 10.2. The van der Waals surface area contributed by atoms with Crippen LogP contribution in [0, 0.1) is 0 Å². The summed E-state index contributed by atoms with van der Waals surface area (Å²) in [6.45, 7) is 4.15. The first kappa shape index (κ1) is 15.1. The van der Waals surface area contributed by atoms with Gasteiger partial charge < -0.3 is 9.84 Å². The molecule has 1 fully saturated rings. The van der Waals surface area contributed by atoms with Crippen LogP contribution in [0.1, 0.15) is 31.5 Å². The average molecular weight is 368 g/mol. The van der Waals surface area contributed by atoms with E-state index >= 15 is 0 Å². The van der Waals surface area contributed by atoms with E-state index < -0.39 is 0 Å². The number of hydrogen-bond acceptors (Lipinski definition) is 5. The van der Waals surface area contributed by atoms with Crippen LogP contribution < -0.4 is 5.32 Å². The molecule has 0 amide bonds. The van der Waals surface area contributed by atoms with Gasteiger partial charge in [-0.3, -0.25) is 0 Å². The molecule has 0 spiro atoms. The van der Waals surface area contributed by atoms with E-state index in [9.17, 15) is 0 Å². The van der Waals surface area contributed by atoms with E-state index in [-0.39, 0.29) is 5.41 Å². The number of benzene rings is 1. The van der Waals surface area contributed by atoms with Crippen LogP contribution in [0.4, 0.5) is 0 Å². The van der Waals surface area contributed by atoms with Crippen molar-refractivity contribution in [3.05, 3.63) is 40.5 Å². The topological polar surface area (TPSA) is 51.0 Å². The van der Waals surface area contributed by atoms with Crippen LogP contribution in [0.3, 0.4) is 0 Å². The van der Waals surface area contributed by atoms with Gasteiger partial charge in [0.25, 0.3) is 0 Å². The summed E-state index contributed by atoms with van der Waals surface area (Å²) in [6.07, 6.45) is 2.10. The molecule has 4 nitrogen and oxygen atoms in total. The second-order valence-corrected chi connectivity index (χ2v) is 7.17. The van der Waals surface area contributed by atoms with Gasteiger partial charge in [-0.2, -0.15) is 4.98 Å². The molecule has 1 aliphatic rings. The average Bonchev–Trinajstić information content (AvgIpc) is 3.16. The van der Waals surface area contributed by atoms with Crippen molar-refractivity contribution in [2.45, 2.75) is 35.8 Å². The molecule has 0 radical (unpaired) electrons. The van der Waals surface area contributed by atoms with Crippen LogP contribution >= 0.6 is 27.7 Å². The molecule has 1 aromatic heterocycles. The molecule has 2 heterocycles. The van der Waals surface area contributed by atoms with E-state index in [1.807, 2.05) is 18.2 Å². The summed E-state index contributed by atoms with van der Waals surface area (Å²) in [4.78, 5) is 5.82. The highest BCUT2D eigenvalue weighted by atomic mass is 79.9. The Balaban J connectivity index is 1.69. The summed E-state index contributed by atoms with van der Waals surface area (Å²) in [6, 6.07) is 8.17. The molecule has 0 aliphatic carbocycles. The van der Waals surface area contributed by atoms with Gasteiger partial charge >= 0.3 is 0 Å². The number of nitrogens with zero attached hydrogens (tertiary/aromatic N) is 2. The van der Waals surface area contributed by atoms with Crippen LogP contribution in [0.15, 0.2) is 38.2 Å². The lowest BCUT2D eigenvalue weighted by atomic mass is 9.84. The SMILES string of the molecule is CCC1(c2nc(CSc3ccccc3Br)no2)CCNC1. The summed E-state index contributed by atoms with van der Waals surface area (Å²) < 4.78 is 6.64. The quantitative estimate of drug-likeness (QED) is 0.815. The van der Waals surface area contributed by atoms with Crippen LogP contribution in [-0.4, -0.2) is 23.2 Å². The van der Waals surface area contributed by atoms with E-state index in [1.165, 1.54) is 4.90 Å². The van der Waals surface area contributed by atoms with Crippen molar-refractivity contribution < 1.29 is 4.52 Å². The van der Waals surface area contributed by atoms with Gasteiger partial charge in [0.15, 0.2) is 5.82 Å². The second kappa shape index (κ2) is 6.50. The standard InChI is InChI=1S/C15H18BrN3OS/c1-2-15(7-8-17-10-15)14-18-13(19-20-14)9-21-12-6-4-3-5-11(12)16/h3-6,17H,2,7-10H2,1H3. The highest BCUT2D eigenvalue weighted by Crippen LogP contribution is 2.34. The van der Waals surface area contributed by atoms with Crippen molar-refractivity contribution in [1.82, 2.24) is 15.5 Å². The number of hydrogen-bond donors (Lipinski definition) is 1. The Morgan fingerprint density at radius 1 is 1.43 bits per heavy atom. The first-order valence-electron chi connectivity index (χ1n) is 7.15. The highest BCUT2D eigenvalue weighted by molar-refractivity contribution is 9.10. The molecule has 1 aromatic carbocycles. The smallest absolute Gasteiger partial charge is 0.234 e. The molecule has 0 saturated carbocycles. The molecule has 1 saturated heterocycles. The molecule has 2 aromatic rings. The largest absolute Gasteiger partial charge is 0.339 e. The number of nitrogens with one attached hydrogen (secondary N) is 1. The third-order valence-corrected chi connectivity index (χ3v) is 6.06. The fraction of sp³-hybridized carbons (Fsp3) is 0.467. The molecule has 0 bridgehead atoms. The van der Waals surface area contributed by atoms with E-state index in [2.05, 4.69) is 44.4 Å². The Morgan fingerprint density at radius 3 is 3.00 bits per heavy atom. The van der Waals surface area contributed by atoms with Gasteiger partial charge in [-0.15, -0.1) is 11.8 Å². The third-order valence-electron chi connectivity index (χ3n) is 4.04. The van der Waals surface area contributed by atoms with Crippen molar-refractivity contribution in [1.29, 1.82) is 0 Å². The zero-order chi connectivity index (χ0) is 14.7. The molecule has 3 rings (SSSR count). The Hall–Kier alpha value is -0.850. The summed E-state index contributed by atoms with van der Waals surface area (Å²) in [7, 11) is 0. The zero-order valence-corrected chi connectivity index (χ0v) is 14.3. The lowest BCUT2D eigenvalue weighted by molar-refractivity contribution is 0.284. The predicted octanol–water partition coefficient (Wildman–Crippen LogP) is 3.77. The Morgan fingerprint density at radius 2 is 2.29 bits per heavy atom. The third kappa shape index (κ3) is 3.17. The maximum Gasteiger partial charge on any atom is 0.234 e. The maximum absolute atomic E-state index is 5.54. The molecule has 1 aliphatic heterocycles. The summed E-state index contributed by atoms with van der Waals surface area (Å²) in [5.41, 5.74) is 0.0310. The lowest BCUT2D eigenvalue weighted by Gasteiger charge is -2.20. The molecule has 6 heteroatoms. The maximum atomic E-state index is 5.54. The molecule has 1 unspecified atom stereocenters.